The van der Waals surface area contributed by atoms with Crippen LogP contribution in [0.4, 0.5) is 0 Å². The first-order chi connectivity index (χ1) is 8.98. The number of carbonyl (C=O) groups excluding carboxylic acids is 1. The number of benzene rings is 1. The van der Waals surface area contributed by atoms with Gasteiger partial charge in [-0.05, 0) is 37.3 Å². The first kappa shape index (κ1) is 16.7. The van der Waals surface area contributed by atoms with Crippen LogP contribution in [0, 0.1) is 0 Å². The Hall–Kier alpha value is -0.320. The van der Waals surface area contributed by atoms with E-state index in [2.05, 4.69) is 38.0 Å². The van der Waals surface area contributed by atoms with Crippen molar-refractivity contribution in [1.29, 1.82) is 0 Å². The van der Waals surface area contributed by atoms with Gasteiger partial charge in [0.2, 0.25) is 0 Å². The van der Waals surface area contributed by atoms with Crippen molar-refractivity contribution in [3.63, 3.8) is 0 Å². The molecule has 0 aliphatic heterocycles. The zero-order chi connectivity index (χ0) is 14.5. The lowest BCUT2D eigenvalue weighted by Gasteiger charge is -2.29. The SMILES string of the molecule is CCC(CC)(CNC(=O)c1cc(S)ccc1Cl)SC. The predicted molar refractivity (Wildman–Crippen MR) is 87.9 cm³/mol. The van der Waals surface area contributed by atoms with Crippen LogP contribution in [0.1, 0.15) is 37.0 Å². The van der Waals surface area contributed by atoms with Crippen molar-refractivity contribution < 1.29 is 4.79 Å². The monoisotopic (exact) mass is 317 g/mol. The van der Waals surface area contributed by atoms with E-state index in [9.17, 15) is 4.79 Å². The number of amides is 1. The van der Waals surface area contributed by atoms with Crippen LogP contribution in [0.25, 0.3) is 0 Å². The molecule has 1 N–H and O–H groups in total. The van der Waals surface area contributed by atoms with E-state index in [4.69, 9.17) is 11.6 Å². The molecular weight excluding hydrogens is 298 g/mol. The largest absolute Gasteiger partial charge is 0.351 e. The number of thioether (sulfide) groups is 1. The molecule has 0 saturated heterocycles. The van der Waals surface area contributed by atoms with Crippen LogP contribution >= 0.6 is 36.0 Å². The Morgan fingerprint density at radius 2 is 2.05 bits per heavy atom. The second-order valence-corrected chi connectivity index (χ2v) is 6.64. The molecule has 0 radical (unpaired) electrons. The number of thiol groups is 1. The fourth-order valence-corrected chi connectivity index (χ4v) is 3.09. The first-order valence-corrected chi connectivity index (χ1v) is 8.35. The van der Waals surface area contributed by atoms with Gasteiger partial charge in [0, 0.05) is 16.2 Å². The summed E-state index contributed by atoms with van der Waals surface area (Å²) in [4.78, 5) is 12.9. The van der Waals surface area contributed by atoms with Gasteiger partial charge in [-0.2, -0.15) is 11.8 Å². The van der Waals surface area contributed by atoms with E-state index in [1.807, 2.05) is 0 Å². The van der Waals surface area contributed by atoms with Crippen molar-refractivity contribution in [3.05, 3.63) is 28.8 Å². The van der Waals surface area contributed by atoms with E-state index in [0.717, 1.165) is 17.7 Å². The van der Waals surface area contributed by atoms with Crippen LogP contribution in [0.5, 0.6) is 0 Å². The molecule has 0 bridgehead atoms. The molecule has 2 nitrogen and oxygen atoms in total. The summed E-state index contributed by atoms with van der Waals surface area (Å²) in [6.07, 6.45) is 4.12. The zero-order valence-corrected chi connectivity index (χ0v) is 14.0. The molecule has 1 aromatic rings. The van der Waals surface area contributed by atoms with Gasteiger partial charge in [0.15, 0.2) is 0 Å². The molecule has 1 amide bonds. The van der Waals surface area contributed by atoms with E-state index in [1.54, 1.807) is 30.0 Å². The molecule has 0 spiro atoms. The molecule has 0 fully saturated rings. The first-order valence-electron chi connectivity index (χ1n) is 6.30. The minimum atomic E-state index is -0.138. The zero-order valence-electron chi connectivity index (χ0n) is 11.5. The second-order valence-electron chi connectivity index (χ2n) is 4.44. The maximum Gasteiger partial charge on any atom is 0.252 e. The lowest BCUT2D eigenvalue weighted by atomic mass is 10.0. The molecule has 1 rings (SSSR count). The molecule has 5 heteroatoms. The van der Waals surface area contributed by atoms with Crippen LogP contribution in [0.3, 0.4) is 0 Å². The molecule has 106 valence electrons. The van der Waals surface area contributed by atoms with Crippen LogP contribution in [0.2, 0.25) is 5.02 Å². The van der Waals surface area contributed by atoms with Crippen molar-refractivity contribution in [2.24, 2.45) is 0 Å². The Kier molecular flexibility index (Phi) is 6.57. The lowest BCUT2D eigenvalue weighted by Crippen LogP contribution is -2.39. The standard InChI is InChI=1S/C14H20ClNOS2/c1-4-14(5-2,19-3)9-16-13(17)11-8-10(18)6-7-12(11)15/h6-8,18H,4-5,9H2,1-3H3,(H,16,17). The van der Waals surface area contributed by atoms with Gasteiger partial charge in [-0.3, -0.25) is 4.79 Å². The minimum Gasteiger partial charge on any atom is -0.351 e. The van der Waals surface area contributed by atoms with Gasteiger partial charge >= 0.3 is 0 Å². The van der Waals surface area contributed by atoms with Crippen molar-refractivity contribution >= 4 is 41.9 Å². The highest BCUT2D eigenvalue weighted by Gasteiger charge is 2.25. The highest BCUT2D eigenvalue weighted by atomic mass is 35.5. The highest BCUT2D eigenvalue weighted by molar-refractivity contribution is 8.00. The summed E-state index contributed by atoms with van der Waals surface area (Å²) >= 11 is 12.1. The average Bonchev–Trinajstić information content (AvgIpc) is 2.43. The summed E-state index contributed by atoms with van der Waals surface area (Å²) in [5, 5.41) is 3.44. The number of halogens is 1. The van der Waals surface area contributed by atoms with Crippen LogP contribution < -0.4 is 5.32 Å². The maximum atomic E-state index is 12.2. The smallest absolute Gasteiger partial charge is 0.252 e. The third kappa shape index (κ3) is 4.33. The number of hydrogen-bond donors (Lipinski definition) is 2. The van der Waals surface area contributed by atoms with Crippen molar-refractivity contribution in [2.75, 3.05) is 12.8 Å². The third-order valence-corrected chi connectivity index (χ3v) is 5.68. The summed E-state index contributed by atoms with van der Waals surface area (Å²) in [6, 6.07) is 5.16. The fourth-order valence-electron chi connectivity index (χ4n) is 1.88. The summed E-state index contributed by atoms with van der Waals surface area (Å²) in [5.74, 6) is -0.138. The summed E-state index contributed by atoms with van der Waals surface area (Å²) in [5.41, 5.74) is 0.483. The topological polar surface area (TPSA) is 29.1 Å². The van der Waals surface area contributed by atoms with E-state index in [-0.39, 0.29) is 10.7 Å². The Morgan fingerprint density at radius 1 is 1.42 bits per heavy atom. The van der Waals surface area contributed by atoms with Crippen LogP contribution in [-0.2, 0) is 0 Å². The minimum absolute atomic E-state index is 0.0979. The van der Waals surface area contributed by atoms with Gasteiger partial charge < -0.3 is 5.32 Å². The molecule has 0 aliphatic rings. The number of hydrogen-bond acceptors (Lipinski definition) is 3. The Labute approximate surface area is 130 Å². The van der Waals surface area contributed by atoms with E-state index >= 15 is 0 Å². The van der Waals surface area contributed by atoms with Crippen LogP contribution in [-0.4, -0.2) is 23.5 Å². The van der Waals surface area contributed by atoms with Crippen LogP contribution in [0.15, 0.2) is 23.1 Å². The molecule has 19 heavy (non-hydrogen) atoms. The molecule has 0 heterocycles. The normalized spacial score (nSPS) is 11.4. The summed E-state index contributed by atoms with van der Waals surface area (Å²) < 4.78 is 0.0979. The molecule has 0 aliphatic carbocycles. The van der Waals surface area contributed by atoms with Crippen molar-refractivity contribution in [3.8, 4) is 0 Å². The second kappa shape index (κ2) is 7.46. The number of rotatable bonds is 6. The molecule has 0 aromatic heterocycles. The number of nitrogens with one attached hydrogen (secondary N) is 1. The molecule has 0 atom stereocenters. The van der Waals surface area contributed by atoms with Gasteiger partial charge in [0.1, 0.15) is 0 Å². The quantitative estimate of drug-likeness (QED) is 0.767. The Morgan fingerprint density at radius 3 is 2.58 bits per heavy atom. The third-order valence-electron chi connectivity index (χ3n) is 3.49. The average molecular weight is 318 g/mol. The van der Waals surface area contributed by atoms with E-state index in [0.29, 0.717) is 17.1 Å². The van der Waals surface area contributed by atoms with Crippen molar-refractivity contribution in [1.82, 2.24) is 5.32 Å². The van der Waals surface area contributed by atoms with Gasteiger partial charge in [0.25, 0.3) is 5.91 Å². The highest BCUT2D eigenvalue weighted by Crippen LogP contribution is 2.29. The molecule has 1 aromatic carbocycles. The Bertz CT molecular complexity index is 439. The van der Waals surface area contributed by atoms with Crippen molar-refractivity contribution in [2.45, 2.75) is 36.3 Å². The molecule has 0 saturated carbocycles. The van der Waals surface area contributed by atoms with Gasteiger partial charge in [-0.1, -0.05) is 25.4 Å². The molecular formula is C14H20ClNOS2. The summed E-state index contributed by atoms with van der Waals surface area (Å²) in [6.45, 7) is 4.94. The Balaban J connectivity index is 2.77. The molecule has 0 unspecified atom stereocenters. The lowest BCUT2D eigenvalue weighted by molar-refractivity contribution is 0.0949. The van der Waals surface area contributed by atoms with Gasteiger partial charge in [-0.15, -0.1) is 12.6 Å². The van der Waals surface area contributed by atoms with E-state index < -0.39 is 0 Å². The fraction of sp³-hybridized carbons (Fsp3) is 0.500. The van der Waals surface area contributed by atoms with Gasteiger partial charge in [-0.25, -0.2) is 0 Å². The summed E-state index contributed by atoms with van der Waals surface area (Å²) in [7, 11) is 0. The van der Waals surface area contributed by atoms with E-state index in [1.165, 1.54) is 0 Å². The predicted octanol–water partition coefficient (Wildman–Crippen LogP) is 4.28. The van der Waals surface area contributed by atoms with Gasteiger partial charge in [0.05, 0.1) is 10.6 Å². The maximum absolute atomic E-state index is 12.2. The number of carbonyl (C=O) groups is 1.